The van der Waals surface area contributed by atoms with E-state index < -0.39 is 0 Å². The Morgan fingerprint density at radius 1 is 1.00 bits per heavy atom. The molecule has 2 aromatic carbocycles. The third kappa shape index (κ3) is 5.65. The van der Waals surface area contributed by atoms with Gasteiger partial charge in [-0.05, 0) is 67.8 Å². The van der Waals surface area contributed by atoms with Gasteiger partial charge < -0.3 is 15.4 Å². The summed E-state index contributed by atoms with van der Waals surface area (Å²) in [6.07, 6.45) is 0.862. The maximum Gasteiger partial charge on any atom is 0.305 e. The lowest BCUT2D eigenvalue weighted by Gasteiger charge is -2.09. The Morgan fingerprint density at radius 2 is 1.73 bits per heavy atom. The number of carbonyl (C=O) groups is 3. The molecule has 1 aromatic heterocycles. The first-order valence-corrected chi connectivity index (χ1v) is 10.7. The topological polar surface area (TPSA) is 102 Å². The van der Waals surface area contributed by atoms with Gasteiger partial charge in [0.15, 0.2) is 0 Å². The number of nitrogens with one attached hydrogen (secondary N) is 2. The largest absolute Gasteiger partial charge is 0.469 e. The molecule has 172 valence electrons. The van der Waals surface area contributed by atoms with Gasteiger partial charge in [-0.25, -0.2) is 4.68 Å². The van der Waals surface area contributed by atoms with Gasteiger partial charge in [0.25, 0.3) is 11.8 Å². The fourth-order valence-corrected chi connectivity index (χ4v) is 3.62. The van der Waals surface area contributed by atoms with Crippen LogP contribution in [0.25, 0.3) is 5.69 Å². The third-order valence-electron chi connectivity index (χ3n) is 5.49. The molecule has 2 N–H and O–H groups in total. The Kier molecular flexibility index (Phi) is 7.61. The molecule has 0 aliphatic rings. The highest BCUT2D eigenvalue weighted by molar-refractivity contribution is 5.95. The molecule has 0 bridgehead atoms. The number of aryl methyl sites for hydroxylation is 1. The maximum atomic E-state index is 12.6. The number of hydrogen-bond acceptors (Lipinski definition) is 5. The van der Waals surface area contributed by atoms with Crippen molar-refractivity contribution in [1.29, 1.82) is 0 Å². The van der Waals surface area contributed by atoms with Crippen LogP contribution < -0.4 is 10.6 Å². The molecule has 8 nitrogen and oxygen atoms in total. The van der Waals surface area contributed by atoms with E-state index in [0.717, 1.165) is 28.2 Å². The van der Waals surface area contributed by atoms with Crippen LogP contribution in [0.15, 0.2) is 48.5 Å². The highest BCUT2D eigenvalue weighted by atomic mass is 16.5. The Bertz CT molecular complexity index is 1170. The second-order valence-electron chi connectivity index (χ2n) is 7.65. The molecule has 0 fully saturated rings. The third-order valence-corrected chi connectivity index (χ3v) is 5.49. The molecule has 0 aliphatic heterocycles. The second-order valence-corrected chi connectivity index (χ2v) is 7.65. The first-order valence-electron chi connectivity index (χ1n) is 10.7. The van der Waals surface area contributed by atoms with Gasteiger partial charge in [-0.3, -0.25) is 14.4 Å². The fourth-order valence-electron chi connectivity index (χ4n) is 3.62. The normalized spacial score (nSPS) is 10.5. The minimum Gasteiger partial charge on any atom is -0.469 e. The van der Waals surface area contributed by atoms with Crippen LogP contribution in [0.5, 0.6) is 0 Å². The van der Waals surface area contributed by atoms with Crippen molar-refractivity contribution in [2.24, 2.45) is 0 Å². The van der Waals surface area contributed by atoms with Gasteiger partial charge in [0.2, 0.25) is 0 Å². The van der Waals surface area contributed by atoms with E-state index in [2.05, 4.69) is 15.7 Å². The molecule has 3 rings (SSSR count). The number of amides is 2. The van der Waals surface area contributed by atoms with Crippen LogP contribution in [0.2, 0.25) is 0 Å². The Morgan fingerprint density at radius 3 is 2.39 bits per heavy atom. The van der Waals surface area contributed by atoms with E-state index in [9.17, 15) is 14.4 Å². The zero-order valence-electron chi connectivity index (χ0n) is 19.3. The summed E-state index contributed by atoms with van der Waals surface area (Å²) < 4.78 is 6.54. The predicted octanol–water partition coefficient (Wildman–Crippen LogP) is 2.88. The number of aromatic nitrogens is 2. The number of hydrogen-bond donors (Lipinski definition) is 2. The summed E-state index contributed by atoms with van der Waals surface area (Å²) in [6.45, 7) is 4.18. The molecule has 0 aliphatic carbocycles. The van der Waals surface area contributed by atoms with E-state index in [1.54, 1.807) is 37.4 Å². The minimum atomic E-state index is -0.253. The Labute approximate surface area is 193 Å². The van der Waals surface area contributed by atoms with Crippen molar-refractivity contribution >= 4 is 17.8 Å². The zero-order chi connectivity index (χ0) is 24.0. The van der Waals surface area contributed by atoms with E-state index >= 15 is 0 Å². The molecule has 0 radical (unpaired) electrons. The van der Waals surface area contributed by atoms with Crippen molar-refractivity contribution in [3.05, 3.63) is 82.2 Å². The van der Waals surface area contributed by atoms with Crippen molar-refractivity contribution < 1.29 is 19.1 Å². The molecule has 33 heavy (non-hydrogen) atoms. The average Bonchev–Trinajstić information content (AvgIpc) is 3.13. The van der Waals surface area contributed by atoms with Crippen LogP contribution in [-0.2, 0) is 22.5 Å². The molecular formula is C25H28N4O4. The van der Waals surface area contributed by atoms with Gasteiger partial charge in [-0.1, -0.05) is 12.1 Å². The van der Waals surface area contributed by atoms with Crippen LogP contribution in [0.4, 0.5) is 0 Å². The van der Waals surface area contributed by atoms with Crippen molar-refractivity contribution in [3.8, 4) is 5.69 Å². The molecule has 0 saturated heterocycles. The van der Waals surface area contributed by atoms with E-state index in [1.807, 2.05) is 36.7 Å². The van der Waals surface area contributed by atoms with Crippen LogP contribution in [-0.4, -0.2) is 41.7 Å². The van der Waals surface area contributed by atoms with Gasteiger partial charge in [0.05, 0.1) is 18.5 Å². The number of carbonyl (C=O) groups excluding carboxylic acids is 3. The summed E-state index contributed by atoms with van der Waals surface area (Å²) in [5.41, 5.74) is 5.55. The van der Waals surface area contributed by atoms with Crippen molar-refractivity contribution in [2.45, 2.75) is 33.2 Å². The maximum absolute atomic E-state index is 12.6. The molecule has 0 saturated carbocycles. The SMILES string of the molecule is CNC(=O)c1cccc(CNC(=O)c2ccc(-n3nc(C)c(CCC(=O)OC)c3C)cc2)c1. The van der Waals surface area contributed by atoms with E-state index in [0.29, 0.717) is 30.5 Å². The van der Waals surface area contributed by atoms with E-state index in [1.165, 1.54) is 7.11 Å². The van der Waals surface area contributed by atoms with Crippen LogP contribution in [0.1, 0.15) is 49.7 Å². The highest BCUT2D eigenvalue weighted by Crippen LogP contribution is 2.20. The predicted molar refractivity (Wildman–Crippen MR) is 124 cm³/mol. The zero-order valence-corrected chi connectivity index (χ0v) is 19.3. The van der Waals surface area contributed by atoms with Crippen molar-refractivity contribution in [1.82, 2.24) is 20.4 Å². The smallest absolute Gasteiger partial charge is 0.305 e. The monoisotopic (exact) mass is 448 g/mol. The van der Waals surface area contributed by atoms with Crippen LogP contribution >= 0.6 is 0 Å². The Hall–Kier alpha value is -3.94. The molecule has 2 amide bonds. The molecule has 0 spiro atoms. The highest BCUT2D eigenvalue weighted by Gasteiger charge is 2.15. The van der Waals surface area contributed by atoms with Gasteiger partial charge in [-0.15, -0.1) is 0 Å². The number of rotatable bonds is 8. The summed E-state index contributed by atoms with van der Waals surface area (Å²) in [7, 11) is 2.96. The fraction of sp³-hybridized carbons (Fsp3) is 0.280. The molecular weight excluding hydrogens is 420 g/mol. The summed E-state index contributed by atoms with van der Waals surface area (Å²) >= 11 is 0. The standard InChI is InChI=1S/C25H28N4O4/c1-16-22(12-13-23(30)33-4)17(2)29(28-16)21-10-8-19(9-11-21)25(32)27-15-18-6-5-7-20(14-18)24(31)26-3/h5-11,14H,12-13,15H2,1-4H3,(H,26,31)(H,27,32). The lowest BCUT2D eigenvalue weighted by Crippen LogP contribution is -2.23. The lowest BCUT2D eigenvalue weighted by molar-refractivity contribution is -0.140. The number of esters is 1. The molecule has 1 heterocycles. The quantitative estimate of drug-likeness (QED) is 0.516. The van der Waals surface area contributed by atoms with Crippen LogP contribution in [0.3, 0.4) is 0 Å². The first kappa shape index (κ1) is 23.7. The number of ether oxygens (including phenoxy) is 1. The summed E-state index contributed by atoms with van der Waals surface area (Å²) in [5, 5.41) is 10.1. The van der Waals surface area contributed by atoms with Gasteiger partial charge >= 0.3 is 5.97 Å². The Balaban J connectivity index is 1.67. The van der Waals surface area contributed by atoms with Gasteiger partial charge in [-0.2, -0.15) is 5.10 Å². The number of benzene rings is 2. The molecule has 3 aromatic rings. The number of methoxy groups -OCH3 is 1. The lowest BCUT2D eigenvalue weighted by atomic mass is 10.1. The summed E-state index contributed by atoms with van der Waals surface area (Å²) in [4.78, 5) is 35.8. The van der Waals surface area contributed by atoms with Crippen molar-refractivity contribution in [3.63, 3.8) is 0 Å². The van der Waals surface area contributed by atoms with E-state index in [-0.39, 0.29) is 17.8 Å². The number of nitrogens with zero attached hydrogens (tertiary/aromatic N) is 2. The summed E-state index contributed by atoms with van der Waals surface area (Å²) in [5.74, 6) is -0.632. The van der Waals surface area contributed by atoms with Crippen molar-refractivity contribution in [2.75, 3.05) is 14.2 Å². The van der Waals surface area contributed by atoms with Crippen LogP contribution in [0, 0.1) is 13.8 Å². The van der Waals surface area contributed by atoms with Gasteiger partial charge in [0, 0.05) is 36.8 Å². The molecule has 0 atom stereocenters. The average molecular weight is 449 g/mol. The first-order chi connectivity index (χ1) is 15.8. The second kappa shape index (κ2) is 10.6. The minimum absolute atomic E-state index is 0.170. The van der Waals surface area contributed by atoms with Gasteiger partial charge in [0.1, 0.15) is 0 Å². The summed E-state index contributed by atoms with van der Waals surface area (Å²) in [6, 6.07) is 14.3. The molecule has 0 unspecified atom stereocenters. The molecule has 8 heteroatoms. The van der Waals surface area contributed by atoms with E-state index in [4.69, 9.17) is 4.74 Å².